The highest BCUT2D eigenvalue weighted by Crippen LogP contribution is 2.40. The van der Waals surface area contributed by atoms with Crippen molar-refractivity contribution in [2.45, 2.75) is 64.7 Å². The second kappa shape index (κ2) is 7.81. The van der Waals surface area contributed by atoms with E-state index in [-0.39, 0.29) is 0 Å². The summed E-state index contributed by atoms with van der Waals surface area (Å²) in [5.74, 6) is 1.39. The van der Waals surface area contributed by atoms with Crippen LogP contribution in [0, 0.1) is 5.92 Å². The van der Waals surface area contributed by atoms with E-state index in [2.05, 4.69) is 62.4 Å². The molecule has 0 nitrogen and oxygen atoms in total. The Morgan fingerprint density at radius 1 is 0.696 bits per heavy atom. The van der Waals surface area contributed by atoms with Gasteiger partial charge in [0.2, 0.25) is 0 Å². The van der Waals surface area contributed by atoms with Crippen LogP contribution in [0.1, 0.15) is 74.1 Å². The third-order valence-electron chi connectivity index (χ3n) is 5.62. The van der Waals surface area contributed by atoms with Crippen molar-refractivity contribution in [3.63, 3.8) is 0 Å². The molecular weight excluding hydrogens is 276 g/mol. The molecule has 1 aliphatic rings. The molecule has 0 aliphatic heterocycles. The van der Waals surface area contributed by atoms with E-state index < -0.39 is 0 Å². The Bertz CT molecular complexity index is 537. The van der Waals surface area contributed by atoms with Gasteiger partial charge in [0.05, 0.1) is 0 Å². The summed E-state index contributed by atoms with van der Waals surface area (Å²) < 4.78 is 0. The van der Waals surface area contributed by atoms with Crippen LogP contribution in [0.2, 0.25) is 0 Å². The average Bonchev–Trinajstić information content (AvgIpc) is 2.64. The van der Waals surface area contributed by atoms with Crippen molar-refractivity contribution in [2.75, 3.05) is 0 Å². The molecule has 122 valence electrons. The van der Waals surface area contributed by atoms with Crippen LogP contribution in [0.5, 0.6) is 0 Å². The monoisotopic (exact) mass is 306 g/mol. The molecule has 0 heteroatoms. The van der Waals surface area contributed by atoms with Crippen LogP contribution in [-0.4, -0.2) is 0 Å². The molecule has 2 aromatic rings. The largest absolute Gasteiger partial charge is 0.0613 e. The summed E-state index contributed by atoms with van der Waals surface area (Å²) in [6, 6.07) is 18.8. The zero-order valence-electron chi connectivity index (χ0n) is 14.7. The average molecular weight is 306 g/mol. The lowest BCUT2D eigenvalue weighted by Gasteiger charge is -2.31. The summed E-state index contributed by atoms with van der Waals surface area (Å²) in [5.41, 5.74) is 5.91. The van der Waals surface area contributed by atoms with Crippen LogP contribution in [0.25, 0.3) is 0 Å². The van der Waals surface area contributed by atoms with Crippen LogP contribution < -0.4 is 0 Å². The van der Waals surface area contributed by atoms with Gasteiger partial charge in [-0.3, -0.25) is 0 Å². The molecule has 3 rings (SSSR count). The smallest absolute Gasteiger partial charge is 0.0118 e. The predicted octanol–water partition coefficient (Wildman–Crippen LogP) is 6.52. The SMILES string of the molecule is CCc1ccc(C(c2ccc(CC)cc2)C2CCCCC2)cc1. The van der Waals surface area contributed by atoms with Gasteiger partial charge in [-0.1, -0.05) is 81.6 Å². The molecule has 0 bridgehead atoms. The van der Waals surface area contributed by atoms with E-state index in [0.717, 1.165) is 18.8 Å². The Balaban J connectivity index is 1.93. The fraction of sp³-hybridized carbons (Fsp3) is 0.478. The maximum absolute atomic E-state index is 2.38. The summed E-state index contributed by atoms with van der Waals surface area (Å²) in [4.78, 5) is 0. The van der Waals surface area contributed by atoms with Gasteiger partial charge in [-0.05, 0) is 53.9 Å². The summed E-state index contributed by atoms with van der Waals surface area (Å²) >= 11 is 0. The normalized spacial score (nSPS) is 16.0. The number of hydrogen-bond acceptors (Lipinski definition) is 0. The first-order chi connectivity index (χ1) is 11.3. The molecule has 0 unspecified atom stereocenters. The number of rotatable bonds is 5. The van der Waals surface area contributed by atoms with Gasteiger partial charge in [0.15, 0.2) is 0 Å². The molecule has 1 saturated carbocycles. The van der Waals surface area contributed by atoms with E-state index in [1.54, 1.807) is 0 Å². The van der Waals surface area contributed by atoms with Crippen molar-refractivity contribution in [3.05, 3.63) is 70.8 Å². The molecule has 1 aliphatic carbocycles. The van der Waals surface area contributed by atoms with Crippen LogP contribution in [0.15, 0.2) is 48.5 Å². The molecule has 0 atom stereocenters. The number of aryl methyl sites for hydroxylation is 2. The second-order valence-electron chi connectivity index (χ2n) is 7.07. The lowest BCUT2D eigenvalue weighted by molar-refractivity contribution is 0.327. The van der Waals surface area contributed by atoms with Gasteiger partial charge >= 0.3 is 0 Å². The first kappa shape index (κ1) is 16.3. The molecule has 23 heavy (non-hydrogen) atoms. The summed E-state index contributed by atoms with van der Waals surface area (Å²) in [5, 5.41) is 0. The zero-order valence-corrected chi connectivity index (χ0v) is 14.7. The van der Waals surface area contributed by atoms with Crippen LogP contribution in [0.4, 0.5) is 0 Å². The fourth-order valence-corrected chi connectivity index (χ4v) is 4.13. The van der Waals surface area contributed by atoms with E-state index in [9.17, 15) is 0 Å². The minimum absolute atomic E-state index is 0.576. The maximum atomic E-state index is 2.38. The van der Waals surface area contributed by atoms with Crippen molar-refractivity contribution in [2.24, 2.45) is 5.92 Å². The lowest BCUT2D eigenvalue weighted by Crippen LogP contribution is -2.17. The molecule has 0 saturated heterocycles. The third kappa shape index (κ3) is 3.86. The van der Waals surface area contributed by atoms with Gasteiger partial charge in [-0.15, -0.1) is 0 Å². The molecule has 0 heterocycles. The topological polar surface area (TPSA) is 0 Å². The van der Waals surface area contributed by atoms with Crippen molar-refractivity contribution in [3.8, 4) is 0 Å². The fourth-order valence-electron chi connectivity index (χ4n) is 4.13. The Hall–Kier alpha value is -1.56. The van der Waals surface area contributed by atoms with Crippen molar-refractivity contribution < 1.29 is 0 Å². The quantitative estimate of drug-likeness (QED) is 0.589. The second-order valence-corrected chi connectivity index (χ2v) is 7.07. The lowest BCUT2D eigenvalue weighted by atomic mass is 9.73. The summed E-state index contributed by atoms with van der Waals surface area (Å²) in [7, 11) is 0. The van der Waals surface area contributed by atoms with Crippen molar-refractivity contribution >= 4 is 0 Å². The van der Waals surface area contributed by atoms with Gasteiger partial charge in [0, 0.05) is 5.92 Å². The molecule has 0 spiro atoms. The van der Waals surface area contributed by atoms with Crippen LogP contribution in [-0.2, 0) is 12.8 Å². The minimum Gasteiger partial charge on any atom is -0.0613 e. The van der Waals surface area contributed by atoms with Crippen LogP contribution >= 0.6 is 0 Å². The minimum atomic E-state index is 0.576. The highest BCUT2D eigenvalue weighted by Gasteiger charge is 2.26. The molecule has 0 radical (unpaired) electrons. The zero-order chi connectivity index (χ0) is 16.1. The highest BCUT2D eigenvalue weighted by atomic mass is 14.3. The Labute approximate surface area is 141 Å². The van der Waals surface area contributed by atoms with Crippen LogP contribution in [0.3, 0.4) is 0 Å². The van der Waals surface area contributed by atoms with E-state index >= 15 is 0 Å². The molecule has 0 N–H and O–H groups in total. The molecule has 0 amide bonds. The Morgan fingerprint density at radius 2 is 1.13 bits per heavy atom. The van der Waals surface area contributed by atoms with Gasteiger partial charge < -0.3 is 0 Å². The molecule has 1 fully saturated rings. The summed E-state index contributed by atoms with van der Waals surface area (Å²) in [6.45, 7) is 4.47. The maximum Gasteiger partial charge on any atom is 0.0118 e. The third-order valence-corrected chi connectivity index (χ3v) is 5.62. The highest BCUT2D eigenvalue weighted by molar-refractivity contribution is 5.36. The molecule has 0 aromatic heterocycles. The van der Waals surface area contributed by atoms with Crippen molar-refractivity contribution in [1.82, 2.24) is 0 Å². The molecular formula is C23H30. The van der Waals surface area contributed by atoms with Gasteiger partial charge in [-0.2, -0.15) is 0 Å². The molecule has 2 aromatic carbocycles. The number of benzene rings is 2. The first-order valence-corrected chi connectivity index (χ1v) is 9.49. The van der Waals surface area contributed by atoms with Crippen molar-refractivity contribution in [1.29, 1.82) is 0 Å². The van der Waals surface area contributed by atoms with Gasteiger partial charge in [-0.25, -0.2) is 0 Å². The van der Waals surface area contributed by atoms with E-state index in [1.165, 1.54) is 54.4 Å². The Morgan fingerprint density at radius 3 is 1.52 bits per heavy atom. The van der Waals surface area contributed by atoms with E-state index in [0.29, 0.717) is 5.92 Å². The van der Waals surface area contributed by atoms with E-state index in [4.69, 9.17) is 0 Å². The summed E-state index contributed by atoms with van der Waals surface area (Å²) in [6.07, 6.45) is 9.25. The first-order valence-electron chi connectivity index (χ1n) is 9.49. The predicted molar refractivity (Wildman–Crippen MR) is 100 cm³/mol. The standard InChI is InChI=1S/C23H30/c1-3-18-10-14-21(15-11-18)23(20-8-6-5-7-9-20)22-16-12-19(4-2)13-17-22/h10-17,20,23H,3-9H2,1-2H3. The number of hydrogen-bond donors (Lipinski definition) is 0. The van der Waals surface area contributed by atoms with Gasteiger partial charge in [0.25, 0.3) is 0 Å². The van der Waals surface area contributed by atoms with E-state index in [1.807, 2.05) is 0 Å². The van der Waals surface area contributed by atoms with Gasteiger partial charge in [0.1, 0.15) is 0 Å². The Kier molecular flexibility index (Phi) is 5.54.